The van der Waals surface area contributed by atoms with Gasteiger partial charge in [-0.3, -0.25) is 10.1 Å². The first-order valence-electron chi connectivity index (χ1n) is 23.3. The fourth-order valence-corrected chi connectivity index (χ4v) is 13.0. The van der Waals surface area contributed by atoms with E-state index >= 15 is 0 Å². The third kappa shape index (κ3) is 8.15. The number of aliphatic carboxylic acids is 1. The molecular weight excluding hydrogens is 787 g/mol. The van der Waals surface area contributed by atoms with Crippen LogP contribution in [0.4, 0.5) is 0 Å². The maximum atomic E-state index is 12.4. The molecule has 9 aliphatic heterocycles. The monoisotopic (exact) mass is 857 g/mol. The molecule has 0 amide bonds. The molecule has 0 aromatic carbocycles. The van der Waals surface area contributed by atoms with Gasteiger partial charge in [-0.15, -0.1) is 0 Å². The highest BCUT2D eigenvalue weighted by atomic mass is 16.8. The predicted octanol–water partition coefficient (Wildman–Crippen LogP) is 5.37. The van der Waals surface area contributed by atoms with Crippen LogP contribution in [0.25, 0.3) is 0 Å². The maximum absolute atomic E-state index is 12.4. The SMILES string of the molecule is C=C(CC12CC(C)CC(O1)C1OC3(CC1O2)NCCCC3C)C1OC(O)(C(O)C2CC3OC4(CCC5(CC(C)=CC(C=CC(O)CC(=O)O)O5)O4)C(C)CC3O2)C(C)CC1C. The van der Waals surface area contributed by atoms with Gasteiger partial charge in [0.1, 0.15) is 17.9 Å². The van der Waals surface area contributed by atoms with Crippen LogP contribution in [-0.4, -0.2) is 123 Å². The standard InChI is InChI=1S/C47H71NO13/c1-25-15-33(11-10-32(49)19-39(50)51)55-43(21-25)12-13-46(61-43)30(6)18-34-35(58-46)20-37(54-34)42(52)47(53)31(7)17-27(3)40(60-47)28(4)23-44-22-26(2)16-36(56-44)41-38(57-44)24-45(59-41)29(5)9-8-14-48-45/h10-11,15,26-27,29-38,40-42,48-49,52-53H,4,8-9,12-14,16-24H2,1-3,5-7H3,(H,50,51). The number of rotatable bonds is 9. The zero-order valence-electron chi connectivity index (χ0n) is 37.0. The van der Waals surface area contributed by atoms with E-state index in [2.05, 4.69) is 39.6 Å². The second kappa shape index (κ2) is 16.3. The number of carboxylic acids is 1. The molecule has 0 aliphatic carbocycles. The maximum Gasteiger partial charge on any atom is 0.306 e. The van der Waals surface area contributed by atoms with Crippen LogP contribution in [0, 0.1) is 29.6 Å². The van der Waals surface area contributed by atoms with Gasteiger partial charge in [-0.05, 0) is 68.9 Å². The topological polar surface area (TPSA) is 184 Å². The Kier molecular flexibility index (Phi) is 11.8. The average Bonchev–Trinajstić information content (AvgIpc) is 3.86. The number of fused-ring (bicyclic) bond motifs is 5. The van der Waals surface area contributed by atoms with Gasteiger partial charge in [0.05, 0.1) is 55.3 Å². The molecule has 14 nitrogen and oxygen atoms in total. The zero-order valence-corrected chi connectivity index (χ0v) is 37.0. The number of carbonyl (C=O) groups is 1. The van der Waals surface area contributed by atoms with Gasteiger partial charge in [0.25, 0.3) is 0 Å². The summed E-state index contributed by atoms with van der Waals surface area (Å²) in [5.74, 6) is -5.40. The van der Waals surface area contributed by atoms with E-state index in [4.69, 9.17) is 43.0 Å². The van der Waals surface area contributed by atoms with Crippen LogP contribution in [0.2, 0.25) is 0 Å². The summed E-state index contributed by atoms with van der Waals surface area (Å²) in [6, 6.07) is 0. The van der Waals surface area contributed by atoms with Crippen LogP contribution in [-0.2, 0) is 42.7 Å². The fraction of sp³-hybridized carbons (Fsp3) is 0.851. The molecule has 20 unspecified atom stereocenters. The highest BCUT2D eigenvalue weighted by molar-refractivity contribution is 5.67. The van der Waals surface area contributed by atoms with Crippen molar-refractivity contribution in [2.45, 2.75) is 215 Å². The quantitative estimate of drug-likeness (QED) is 0.187. The van der Waals surface area contributed by atoms with Crippen molar-refractivity contribution >= 4 is 5.97 Å². The van der Waals surface area contributed by atoms with Crippen LogP contribution < -0.4 is 5.32 Å². The third-order valence-corrected chi connectivity index (χ3v) is 16.0. The number of hydrogen-bond acceptors (Lipinski definition) is 13. The summed E-state index contributed by atoms with van der Waals surface area (Å²) >= 11 is 0. The lowest BCUT2D eigenvalue weighted by Gasteiger charge is -2.53. The Morgan fingerprint density at radius 1 is 0.918 bits per heavy atom. The number of carboxylic acid groups (broad SMARTS) is 1. The predicted molar refractivity (Wildman–Crippen MR) is 220 cm³/mol. The molecule has 3 spiro atoms. The summed E-state index contributed by atoms with van der Waals surface area (Å²) in [7, 11) is 0. The molecule has 0 aromatic rings. The fourth-order valence-electron chi connectivity index (χ4n) is 13.0. The molecule has 5 N–H and O–H groups in total. The summed E-state index contributed by atoms with van der Waals surface area (Å²) in [5.41, 5.74) is 1.46. The number of aliphatic hydroxyl groups is 3. The third-order valence-electron chi connectivity index (χ3n) is 16.0. The van der Waals surface area contributed by atoms with Crippen molar-refractivity contribution in [3.63, 3.8) is 0 Å². The van der Waals surface area contributed by atoms with Gasteiger partial charge in [0.15, 0.2) is 23.1 Å². The van der Waals surface area contributed by atoms with Crippen LogP contribution in [0.5, 0.6) is 0 Å². The Labute approximate surface area is 360 Å². The van der Waals surface area contributed by atoms with Crippen molar-refractivity contribution in [1.29, 1.82) is 0 Å². The average molecular weight is 858 g/mol. The first kappa shape index (κ1) is 44.4. The van der Waals surface area contributed by atoms with Crippen molar-refractivity contribution in [2.24, 2.45) is 29.6 Å². The molecule has 0 radical (unpaired) electrons. The molecule has 9 rings (SSSR count). The van der Waals surface area contributed by atoms with Gasteiger partial charge in [0, 0.05) is 56.8 Å². The molecule has 9 aliphatic rings. The van der Waals surface area contributed by atoms with E-state index in [0.717, 1.165) is 49.8 Å². The molecule has 2 bridgehead atoms. The Balaban J connectivity index is 0.851. The first-order valence-corrected chi connectivity index (χ1v) is 23.3. The lowest BCUT2D eigenvalue weighted by Crippen LogP contribution is -2.62. The molecule has 20 atom stereocenters. The Morgan fingerprint density at radius 3 is 2.48 bits per heavy atom. The van der Waals surface area contributed by atoms with E-state index in [0.29, 0.717) is 56.8 Å². The molecule has 9 heterocycles. The van der Waals surface area contributed by atoms with Gasteiger partial charge < -0.3 is 58.3 Å². The van der Waals surface area contributed by atoms with Crippen LogP contribution in [0.1, 0.15) is 125 Å². The highest BCUT2D eigenvalue weighted by Crippen LogP contribution is 2.56. The van der Waals surface area contributed by atoms with Gasteiger partial charge in [0.2, 0.25) is 0 Å². The minimum absolute atomic E-state index is 0.0261. The summed E-state index contributed by atoms with van der Waals surface area (Å²) in [6.07, 6.45) is 7.92. The van der Waals surface area contributed by atoms with E-state index in [1.165, 1.54) is 6.08 Å². The molecule has 8 fully saturated rings. The van der Waals surface area contributed by atoms with E-state index in [1.807, 2.05) is 19.9 Å². The lowest BCUT2D eigenvalue weighted by molar-refractivity contribution is -0.367. The van der Waals surface area contributed by atoms with E-state index in [-0.39, 0.29) is 54.7 Å². The zero-order chi connectivity index (χ0) is 43.3. The second-order valence-electron chi connectivity index (χ2n) is 21.0. The molecule has 8 saturated heterocycles. The van der Waals surface area contributed by atoms with Crippen LogP contribution in [0.15, 0.2) is 36.0 Å². The number of aliphatic hydroxyl groups excluding tert-OH is 2. The molecule has 14 heteroatoms. The van der Waals surface area contributed by atoms with E-state index < -0.39 is 65.4 Å². The lowest BCUT2D eigenvalue weighted by atomic mass is 9.76. The van der Waals surface area contributed by atoms with Gasteiger partial charge in [-0.1, -0.05) is 65.0 Å². The highest BCUT2D eigenvalue weighted by Gasteiger charge is 2.64. The molecule has 0 aromatic heterocycles. The number of ether oxygens (including phenoxy) is 8. The van der Waals surface area contributed by atoms with Crippen molar-refractivity contribution in [2.75, 3.05) is 6.54 Å². The normalized spacial score (nSPS) is 51.7. The van der Waals surface area contributed by atoms with Gasteiger partial charge in [-0.2, -0.15) is 0 Å². The van der Waals surface area contributed by atoms with Crippen molar-refractivity contribution < 1.29 is 63.1 Å². The number of nitrogens with one attached hydrogen (secondary N) is 1. The molecule has 342 valence electrons. The van der Waals surface area contributed by atoms with E-state index in [9.17, 15) is 20.1 Å². The summed E-state index contributed by atoms with van der Waals surface area (Å²) in [4.78, 5) is 11.1. The first-order chi connectivity index (χ1) is 28.8. The van der Waals surface area contributed by atoms with E-state index in [1.54, 1.807) is 6.08 Å². The minimum atomic E-state index is -1.90. The van der Waals surface area contributed by atoms with Gasteiger partial charge in [-0.25, -0.2) is 0 Å². The smallest absolute Gasteiger partial charge is 0.306 e. The van der Waals surface area contributed by atoms with Crippen molar-refractivity contribution in [1.82, 2.24) is 5.32 Å². The Morgan fingerprint density at radius 2 is 1.70 bits per heavy atom. The summed E-state index contributed by atoms with van der Waals surface area (Å²) in [6.45, 7) is 18.2. The van der Waals surface area contributed by atoms with Crippen molar-refractivity contribution in [3.8, 4) is 0 Å². The Bertz CT molecular complexity index is 1740. The molecular formula is C47H71NO13. The molecule has 61 heavy (non-hydrogen) atoms. The number of hydrogen-bond donors (Lipinski definition) is 5. The second-order valence-corrected chi connectivity index (χ2v) is 21.0. The van der Waals surface area contributed by atoms with Crippen LogP contribution >= 0.6 is 0 Å². The van der Waals surface area contributed by atoms with Gasteiger partial charge >= 0.3 is 5.97 Å². The minimum Gasteiger partial charge on any atom is -0.481 e. The Hall–Kier alpha value is -1.79. The van der Waals surface area contributed by atoms with Crippen molar-refractivity contribution in [3.05, 3.63) is 36.0 Å². The van der Waals surface area contributed by atoms with Crippen LogP contribution in [0.3, 0.4) is 0 Å². The number of piperidine rings is 1. The summed E-state index contributed by atoms with van der Waals surface area (Å²) in [5, 5.41) is 47.4. The molecule has 0 saturated carbocycles. The summed E-state index contributed by atoms with van der Waals surface area (Å²) < 4.78 is 54.1. The largest absolute Gasteiger partial charge is 0.481 e.